The van der Waals surface area contributed by atoms with E-state index in [1.54, 1.807) is 0 Å². The number of hydrogen-bond acceptors (Lipinski definition) is 0. The number of H-pyrrole nitrogens is 1. The molecule has 0 saturated heterocycles. The summed E-state index contributed by atoms with van der Waals surface area (Å²) < 4.78 is 0. The van der Waals surface area contributed by atoms with Gasteiger partial charge in [0.15, 0.2) is 0 Å². The molecular weight excluding hydrogens is 316 g/mol. The summed E-state index contributed by atoms with van der Waals surface area (Å²) in [5.74, 6) is 0.975. The van der Waals surface area contributed by atoms with Crippen LogP contribution in [0.25, 0.3) is 10.9 Å². The number of rotatable bonds is 2. The van der Waals surface area contributed by atoms with Gasteiger partial charge in [0.2, 0.25) is 0 Å². The highest BCUT2D eigenvalue weighted by Gasteiger charge is 2.60. The third-order valence-corrected chi connectivity index (χ3v) is 7.67. The second-order valence-corrected chi connectivity index (χ2v) is 8.87. The van der Waals surface area contributed by atoms with Crippen LogP contribution in [0.2, 0.25) is 0 Å². The number of hydrogen-bond donors (Lipinski definition) is 2. The number of aromatic nitrogens is 1. The highest BCUT2D eigenvalue weighted by Crippen LogP contribution is 2.61. The number of nitrogens with one attached hydrogen (secondary N) is 1. The molecule has 1 aromatic carbocycles. The van der Waals surface area contributed by atoms with Crippen molar-refractivity contribution in [3.05, 3.63) is 55.2 Å². The van der Waals surface area contributed by atoms with E-state index in [1.807, 2.05) is 0 Å². The summed E-state index contributed by atoms with van der Waals surface area (Å²) in [7, 11) is 4.19. The second kappa shape index (κ2) is 5.12. The fraction of sp³-hybridized carbons (Fsp3) is 0.476. The first kappa shape index (κ1) is 16.2. The summed E-state index contributed by atoms with van der Waals surface area (Å²) in [6, 6.07) is 8.98. The molecule has 24 heavy (non-hydrogen) atoms. The molecule has 2 aliphatic carbocycles. The van der Waals surface area contributed by atoms with Crippen LogP contribution in [0.4, 0.5) is 0 Å². The number of quaternary nitrogens is 1. The molecule has 0 spiro atoms. The largest absolute Gasteiger partial charge is 0.475 e. The van der Waals surface area contributed by atoms with Gasteiger partial charge in [0.05, 0.1) is 11.5 Å². The molecule has 1 fully saturated rings. The Hall–Kier alpha value is -1.25. The van der Waals surface area contributed by atoms with E-state index in [1.165, 1.54) is 22.2 Å². The van der Waals surface area contributed by atoms with Gasteiger partial charge >= 0.3 is 0 Å². The van der Waals surface area contributed by atoms with E-state index in [9.17, 15) is 0 Å². The number of aromatic amines is 1. The summed E-state index contributed by atoms with van der Waals surface area (Å²) in [6.45, 7) is 11.1. The average Bonchev–Trinajstić information content (AvgIpc) is 3.04. The van der Waals surface area contributed by atoms with Gasteiger partial charge in [0.25, 0.3) is 0 Å². The van der Waals surface area contributed by atoms with Gasteiger partial charge < -0.3 is 10.3 Å². The van der Waals surface area contributed by atoms with Crippen molar-refractivity contribution >= 4 is 22.5 Å². The highest BCUT2D eigenvalue weighted by molar-refractivity contribution is 6.21. The molecule has 0 unspecified atom stereocenters. The Bertz CT molecular complexity index is 805. The molecule has 5 atom stereocenters. The van der Waals surface area contributed by atoms with Crippen LogP contribution in [0.15, 0.2) is 36.9 Å². The first-order valence-electron chi connectivity index (χ1n) is 8.87. The molecule has 3 heteroatoms. The molecule has 2 nitrogen and oxygen atoms in total. The summed E-state index contributed by atoms with van der Waals surface area (Å²) in [6.07, 6.45) is 3.08. The Labute approximate surface area is 149 Å². The van der Waals surface area contributed by atoms with Crippen molar-refractivity contribution < 1.29 is 5.32 Å². The number of benzene rings is 1. The lowest BCUT2D eigenvalue weighted by atomic mass is 9.59. The fourth-order valence-corrected chi connectivity index (χ4v) is 5.89. The third-order valence-electron chi connectivity index (χ3n) is 7.02. The van der Waals surface area contributed by atoms with Gasteiger partial charge in [0.1, 0.15) is 0 Å². The van der Waals surface area contributed by atoms with Gasteiger partial charge in [0, 0.05) is 33.3 Å². The second-order valence-electron chi connectivity index (χ2n) is 8.35. The molecule has 0 aliphatic heterocycles. The van der Waals surface area contributed by atoms with Gasteiger partial charge in [-0.1, -0.05) is 38.1 Å². The van der Waals surface area contributed by atoms with Crippen LogP contribution in [-0.4, -0.2) is 16.4 Å². The molecule has 1 aromatic heterocycles. The van der Waals surface area contributed by atoms with Crippen molar-refractivity contribution in [1.29, 1.82) is 0 Å². The summed E-state index contributed by atoms with van der Waals surface area (Å²) >= 11 is 6.89. The van der Waals surface area contributed by atoms with E-state index in [2.05, 4.69) is 75.0 Å². The molecule has 1 saturated carbocycles. The van der Waals surface area contributed by atoms with E-state index in [0.717, 1.165) is 6.42 Å². The third kappa shape index (κ3) is 1.82. The Morgan fingerprint density at radius 3 is 2.71 bits per heavy atom. The first-order valence-corrected chi connectivity index (χ1v) is 9.31. The number of halogens is 1. The number of para-hydroxylation sites is 1. The molecule has 2 aromatic rings. The van der Waals surface area contributed by atoms with Crippen LogP contribution in [-0.2, 0) is 5.41 Å². The highest BCUT2D eigenvalue weighted by atomic mass is 35.5. The quantitative estimate of drug-likeness (QED) is 0.468. The van der Waals surface area contributed by atoms with Gasteiger partial charge in [-0.25, -0.2) is 0 Å². The van der Waals surface area contributed by atoms with Crippen LogP contribution in [0.1, 0.15) is 44.4 Å². The van der Waals surface area contributed by atoms with Gasteiger partial charge in [-0.05, 0) is 30.9 Å². The minimum atomic E-state index is -0.124. The maximum absolute atomic E-state index is 6.89. The van der Waals surface area contributed by atoms with E-state index < -0.39 is 0 Å². The summed E-state index contributed by atoms with van der Waals surface area (Å²) in [5.41, 5.74) is 4.09. The zero-order valence-corrected chi connectivity index (χ0v) is 15.5. The molecule has 1 heterocycles. The topological polar surface area (TPSA) is 32.4 Å². The van der Waals surface area contributed by atoms with Gasteiger partial charge in [-0.2, -0.15) is 7.05 Å². The molecule has 0 amide bonds. The number of nitrogens with two attached hydrogens (primary N) is 1. The maximum atomic E-state index is 6.89. The normalized spacial score (nSPS) is 37.2. The molecule has 2 aliphatic rings. The van der Waals surface area contributed by atoms with Crippen molar-refractivity contribution in [1.82, 2.24) is 4.98 Å². The zero-order chi connectivity index (χ0) is 17.3. The van der Waals surface area contributed by atoms with Crippen molar-refractivity contribution in [2.75, 3.05) is 0 Å². The Morgan fingerprint density at radius 1 is 1.33 bits per heavy atom. The first-order chi connectivity index (χ1) is 11.4. The minimum absolute atomic E-state index is 0.0915. The minimum Gasteiger partial charge on any atom is -0.475 e. The Kier molecular flexibility index (Phi) is 3.47. The standard InChI is InChI=1S/C21H27ClN2/c1-6-21(4)15(22)11-13-17(19(21)23-5)16-12-9-7-8-10-14(12)24-18(16)20(13,2)3/h6-10,13,15,17,19,24H,1,5,11,23H2,2-4H3/t13-,15+,17-,19+,21+/m0/s1. The predicted octanol–water partition coefficient (Wildman–Crippen LogP) is 4.09. The molecule has 4 rings (SSSR count). The van der Waals surface area contributed by atoms with Gasteiger partial charge in [-0.15, -0.1) is 18.2 Å². The molecule has 3 N–H and O–H groups in total. The van der Waals surface area contributed by atoms with Crippen molar-refractivity contribution in [3.63, 3.8) is 0 Å². The fourth-order valence-electron chi connectivity index (χ4n) is 5.46. The van der Waals surface area contributed by atoms with E-state index in [4.69, 9.17) is 11.6 Å². The maximum Gasteiger partial charge on any atom is 0.0797 e. The van der Waals surface area contributed by atoms with Crippen molar-refractivity contribution in [2.24, 2.45) is 11.3 Å². The lowest BCUT2D eigenvalue weighted by molar-refractivity contribution is -0.653. The summed E-state index contributed by atoms with van der Waals surface area (Å²) in [4.78, 5) is 3.72. The molecule has 0 radical (unpaired) electrons. The van der Waals surface area contributed by atoms with Crippen molar-refractivity contribution in [2.45, 2.75) is 49.9 Å². The average molecular weight is 343 g/mol. The Balaban J connectivity index is 1.98. The molecular formula is C21H27ClN2. The Morgan fingerprint density at radius 2 is 2.04 bits per heavy atom. The van der Waals surface area contributed by atoms with E-state index in [-0.39, 0.29) is 16.2 Å². The van der Waals surface area contributed by atoms with E-state index in [0.29, 0.717) is 17.9 Å². The molecule has 128 valence electrons. The zero-order valence-electron chi connectivity index (χ0n) is 14.8. The van der Waals surface area contributed by atoms with Crippen LogP contribution in [0.3, 0.4) is 0 Å². The number of fused-ring (bicyclic) bond motifs is 5. The van der Waals surface area contributed by atoms with Crippen LogP contribution in [0.5, 0.6) is 0 Å². The lowest BCUT2D eigenvalue weighted by Crippen LogP contribution is -2.90. The van der Waals surface area contributed by atoms with Crippen molar-refractivity contribution in [3.8, 4) is 0 Å². The SMILES string of the molecule is C=C[C@]1(C)[C@H](Cl)C[C@H]2[C@@H](c3c([nH]c4ccccc34)C2(C)C)[C@H]1[NH2+][CH2-]. The summed E-state index contributed by atoms with van der Waals surface area (Å²) in [5, 5.41) is 3.58. The predicted molar refractivity (Wildman–Crippen MR) is 101 cm³/mol. The lowest BCUT2D eigenvalue weighted by Gasteiger charge is -2.50. The van der Waals surface area contributed by atoms with Crippen LogP contribution < -0.4 is 5.32 Å². The van der Waals surface area contributed by atoms with Crippen LogP contribution in [0, 0.1) is 18.4 Å². The van der Waals surface area contributed by atoms with Gasteiger partial charge in [-0.3, -0.25) is 0 Å². The van der Waals surface area contributed by atoms with E-state index >= 15 is 0 Å². The monoisotopic (exact) mass is 342 g/mol. The molecule has 0 bridgehead atoms. The smallest absolute Gasteiger partial charge is 0.0797 e. The van der Waals surface area contributed by atoms with Crippen LogP contribution >= 0.6 is 11.6 Å². The number of alkyl halides is 1.